The fraction of sp³-hybridized carbons (Fsp3) is 0.545. The van der Waals surface area contributed by atoms with Gasteiger partial charge in [-0.2, -0.15) is 13.2 Å². The molecule has 1 N–H and O–H groups in total. The fourth-order valence-electron chi connectivity index (χ4n) is 0.803. The predicted octanol–water partition coefficient (Wildman–Crippen LogP) is 3.75. The summed E-state index contributed by atoms with van der Waals surface area (Å²) in [6, 6.07) is 0.818. The number of H-pyrrole nitrogens is 1. The van der Waals surface area contributed by atoms with Crippen molar-refractivity contribution in [1.82, 2.24) is 4.98 Å². The molecule has 0 spiro atoms. The Hall–Kier alpha value is -1.26. The van der Waals surface area contributed by atoms with Gasteiger partial charge >= 0.3 is 6.18 Å². The lowest BCUT2D eigenvalue weighted by molar-refractivity contribution is -0.138. The zero-order valence-corrected chi connectivity index (χ0v) is 10.2. The third kappa shape index (κ3) is 5.58. The molecule has 0 aliphatic carbocycles. The second-order valence-corrected chi connectivity index (χ2v) is 2.42. The van der Waals surface area contributed by atoms with Gasteiger partial charge in [-0.1, -0.05) is 27.7 Å². The van der Waals surface area contributed by atoms with E-state index in [1.807, 2.05) is 32.7 Å². The second kappa shape index (κ2) is 7.96. The molecule has 0 amide bonds. The first-order valence-electron chi connectivity index (χ1n) is 5.18. The quantitative estimate of drug-likeness (QED) is 0.732. The van der Waals surface area contributed by atoms with Gasteiger partial charge in [-0.25, -0.2) is 0 Å². The monoisotopic (exact) mass is 237 g/mol. The van der Waals surface area contributed by atoms with Crippen LogP contribution in [0.3, 0.4) is 0 Å². The van der Waals surface area contributed by atoms with E-state index in [-0.39, 0.29) is 0 Å². The van der Waals surface area contributed by atoms with E-state index >= 15 is 0 Å². The smallest absolute Gasteiger partial charge is 0.328 e. The minimum atomic E-state index is -4.57. The van der Waals surface area contributed by atoms with Crippen molar-refractivity contribution >= 4 is 0 Å². The Bertz CT molecular complexity index is 342. The van der Waals surface area contributed by atoms with Crippen LogP contribution in [-0.2, 0) is 6.18 Å². The number of rotatable bonds is 0. The predicted molar refractivity (Wildman–Crippen MR) is 59.5 cm³/mol. The number of aryl methyl sites for hydroxylation is 1. The van der Waals surface area contributed by atoms with Gasteiger partial charge in [0, 0.05) is 6.20 Å². The van der Waals surface area contributed by atoms with E-state index < -0.39 is 17.3 Å². The number of hydrogen-bond acceptors (Lipinski definition) is 1. The van der Waals surface area contributed by atoms with Crippen molar-refractivity contribution in [3.63, 3.8) is 0 Å². The molecule has 0 unspecified atom stereocenters. The van der Waals surface area contributed by atoms with E-state index in [0.717, 1.165) is 6.07 Å². The summed E-state index contributed by atoms with van der Waals surface area (Å²) in [5, 5.41) is 0. The highest BCUT2D eigenvalue weighted by atomic mass is 19.4. The third-order valence-corrected chi connectivity index (χ3v) is 1.35. The van der Waals surface area contributed by atoms with Gasteiger partial charge in [0.2, 0.25) is 0 Å². The van der Waals surface area contributed by atoms with Gasteiger partial charge in [0.05, 0.1) is 0 Å². The maximum absolute atomic E-state index is 12.0. The molecule has 0 aliphatic rings. The molecule has 0 radical (unpaired) electrons. The summed E-state index contributed by atoms with van der Waals surface area (Å²) in [6.07, 6.45) is -3.34. The van der Waals surface area contributed by atoms with E-state index in [4.69, 9.17) is 0 Å². The topological polar surface area (TPSA) is 32.9 Å². The summed E-state index contributed by atoms with van der Waals surface area (Å²) in [6.45, 7) is 9.48. The van der Waals surface area contributed by atoms with Crippen molar-refractivity contribution in [3.8, 4) is 0 Å². The Balaban J connectivity index is 0. The van der Waals surface area contributed by atoms with E-state index in [9.17, 15) is 18.0 Å². The van der Waals surface area contributed by atoms with Crippen LogP contribution in [0.2, 0.25) is 0 Å². The molecule has 0 aromatic carbocycles. The molecular weight excluding hydrogens is 219 g/mol. The van der Waals surface area contributed by atoms with Crippen molar-refractivity contribution in [2.75, 3.05) is 0 Å². The summed E-state index contributed by atoms with van der Waals surface area (Å²) >= 11 is 0. The zero-order chi connectivity index (χ0) is 13.4. The van der Waals surface area contributed by atoms with Crippen LogP contribution < -0.4 is 5.56 Å². The molecule has 0 saturated heterocycles. The van der Waals surface area contributed by atoms with E-state index in [2.05, 4.69) is 0 Å². The molecule has 16 heavy (non-hydrogen) atoms. The number of nitrogens with one attached hydrogen (secondary N) is 1. The number of halogens is 3. The summed E-state index contributed by atoms with van der Waals surface area (Å²) in [5.41, 5.74) is -1.88. The first-order chi connectivity index (χ1) is 7.41. The number of pyridine rings is 1. The minimum absolute atomic E-state index is 0.377. The van der Waals surface area contributed by atoms with Crippen LogP contribution in [0.4, 0.5) is 13.2 Å². The summed E-state index contributed by atoms with van der Waals surface area (Å²) in [7, 11) is 0. The zero-order valence-electron chi connectivity index (χ0n) is 10.2. The molecule has 0 bridgehead atoms. The standard InChI is InChI=1S/C7H6F3NO.2C2H6/c1-4-2-5(7(8,9)10)6(12)11-3-4;2*1-2/h2-3H,1H3,(H,11,12);2*1-2H3. The van der Waals surface area contributed by atoms with Gasteiger partial charge in [-0.3, -0.25) is 4.79 Å². The van der Waals surface area contributed by atoms with Crippen LogP contribution in [-0.4, -0.2) is 4.98 Å². The van der Waals surface area contributed by atoms with Gasteiger partial charge in [-0.15, -0.1) is 0 Å². The highest BCUT2D eigenvalue weighted by Crippen LogP contribution is 2.26. The summed E-state index contributed by atoms with van der Waals surface area (Å²) in [5.74, 6) is 0. The highest BCUT2D eigenvalue weighted by molar-refractivity contribution is 5.19. The molecule has 0 aliphatic heterocycles. The number of hydrogen-bond donors (Lipinski definition) is 1. The van der Waals surface area contributed by atoms with Gasteiger partial charge in [0.1, 0.15) is 5.56 Å². The summed E-state index contributed by atoms with van der Waals surface area (Å²) in [4.78, 5) is 12.6. The normalized spacial score (nSPS) is 9.50. The van der Waals surface area contributed by atoms with Crippen LogP contribution in [0.5, 0.6) is 0 Å². The maximum Gasteiger partial charge on any atom is 0.421 e. The van der Waals surface area contributed by atoms with Crippen molar-refractivity contribution in [1.29, 1.82) is 0 Å². The lowest BCUT2D eigenvalue weighted by Crippen LogP contribution is -2.20. The van der Waals surface area contributed by atoms with Crippen molar-refractivity contribution in [3.05, 3.63) is 33.7 Å². The van der Waals surface area contributed by atoms with Gasteiger partial charge in [0.25, 0.3) is 5.56 Å². The number of alkyl halides is 3. The van der Waals surface area contributed by atoms with Gasteiger partial charge in [0.15, 0.2) is 0 Å². The van der Waals surface area contributed by atoms with Crippen LogP contribution in [0.25, 0.3) is 0 Å². The highest BCUT2D eigenvalue weighted by Gasteiger charge is 2.33. The van der Waals surface area contributed by atoms with Gasteiger partial charge < -0.3 is 4.98 Å². The molecule has 1 rings (SSSR count). The van der Waals surface area contributed by atoms with E-state index in [0.29, 0.717) is 5.56 Å². The fourth-order valence-corrected chi connectivity index (χ4v) is 0.803. The first-order valence-corrected chi connectivity index (χ1v) is 5.18. The van der Waals surface area contributed by atoms with Crippen molar-refractivity contribution in [2.45, 2.75) is 40.8 Å². The van der Waals surface area contributed by atoms with Crippen LogP contribution in [0.1, 0.15) is 38.8 Å². The van der Waals surface area contributed by atoms with E-state index in [1.165, 1.54) is 13.1 Å². The van der Waals surface area contributed by atoms with Crippen LogP contribution >= 0.6 is 0 Å². The Morgan fingerprint density at radius 2 is 1.56 bits per heavy atom. The Morgan fingerprint density at radius 1 is 1.12 bits per heavy atom. The molecule has 1 aromatic heterocycles. The van der Waals surface area contributed by atoms with Gasteiger partial charge in [-0.05, 0) is 18.6 Å². The average Bonchev–Trinajstić information content (AvgIpc) is 2.26. The average molecular weight is 237 g/mol. The molecule has 5 heteroatoms. The Labute approximate surface area is 93.5 Å². The first kappa shape index (κ1) is 17.1. The molecule has 2 nitrogen and oxygen atoms in total. The van der Waals surface area contributed by atoms with Crippen molar-refractivity contribution < 1.29 is 13.2 Å². The number of aromatic nitrogens is 1. The molecule has 1 heterocycles. The molecule has 1 aromatic rings. The minimum Gasteiger partial charge on any atom is -0.328 e. The number of aromatic amines is 1. The lowest BCUT2D eigenvalue weighted by atomic mass is 10.2. The largest absolute Gasteiger partial charge is 0.421 e. The molecule has 0 fully saturated rings. The SMILES string of the molecule is CC.CC.Cc1c[nH]c(=O)c(C(F)(F)F)c1. The van der Waals surface area contributed by atoms with Crippen LogP contribution in [0, 0.1) is 6.92 Å². The summed E-state index contributed by atoms with van der Waals surface area (Å²) < 4.78 is 36.0. The Kier molecular flexibility index (Phi) is 8.53. The third-order valence-electron chi connectivity index (χ3n) is 1.35. The molecular formula is C11H18F3NO. The molecule has 0 atom stereocenters. The Morgan fingerprint density at radius 3 is 1.88 bits per heavy atom. The van der Waals surface area contributed by atoms with Crippen molar-refractivity contribution in [2.24, 2.45) is 0 Å². The second-order valence-electron chi connectivity index (χ2n) is 2.42. The van der Waals surface area contributed by atoms with Crippen LogP contribution in [0.15, 0.2) is 17.1 Å². The molecule has 0 saturated carbocycles. The lowest BCUT2D eigenvalue weighted by Gasteiger charge is -2.04. The molecule has 94 valence electrons. The maximum atomic E-state index is 12.0. The van der Waals surface area contributed by atoms with E-state index in [1.54, 1.807) is 0 Å².